The van der Waals surface area contributed by atoms with Crippen LogP contribution in [0.4, 0.5) is 5.69 Å². The van der Waals surface area contributed by atoms with Gasteiger partial charge in [0.2, 0.25) is 5.91 Å². The maximum Gasteiger partial charge on any atom is 0.273 e. The van der Waals surface area contributed by atoms with E-state index < -0.39 is 18.1 Å². The van der Waals surface area contributed by atoms with Crippen LogP contribution in [0.1, 0.15) is 71.6 Å². The molecule has 9 nitrogen and oxygen atoms in total. The largest absolute Gasteiger partial charge is 0.393 e. The number of nitrogens with zero attached hydrogens (tertiary/aromatic N) is 2. The third-order valence-electron chi connectivity index (χ3n) is 7.23. The molecule has 206 valence electrons. The van der Waals surface area contributed by atoms with Crippen molar-refractivity contribution in [1.29, 1.82) is 0 Å². The molecule has 0 bridgehead atoms. The number of rotatable bonds is 8. The normalized spacial score (nSPS) is 17.0. The number of aromatic amines is 1. The first-order valence-corrected chi connectivity index (χ1v) is 13.3. The lowest BCUT2D eigenvalue weighted by Crippen LogP contribution is -2.48. The maximum atomic E-state index is 14.5. The Kier molecular flexibility index (Phi) is 8.34. The van der Waals surface area contributed by atoms with Crippen molar-refractivity contribution in [2.24, 2.45) is 17.4 Å². The fourth-order valence-corrected chi connectivity index (χ4v) is 5.07. The van der Waals surface area contributed by atoms with Crippen LogP contribution in [0.5, 0.6) is 0 Å². The predicted molar refractivity (Wildman–Crippen MR) is 151 cm³/mol. The van der Waals surface area contributed by atoms with Gasteiger partial charge >= 0.3 is 0 Å². The number of anilines is 1. The zero-order chi connectivity index (χ0) is 28.4. The second-order valence-electron chi connectivity index (χ2n) is 10.5. The Hall–Kier alpha value is -3.79. The van der Waals surface area contributed by atoms with Crippen molar-refractivity contribution in [3.63, 3.8) is 0 Å². The molecule has 0 spiro atoms. The molecule has 2 heterocycles. The first-order chi connectivity index (χ1) is 18.5. The van der Waals surface area contributed by atoms with Crippen molar-refractivity contribution in [2.75, 3.05) is 12.1 Å². The van der Waals surface area contributed by atoms with Gasteiger partial charge in [-0.15, -0.1) is 0 Å². The first-order valence-electron chi connectivity index (χ1n) is 13.3. The molecule has 0 saturated carbocycles. The molecule has 0 saturated heterocycles. The molecule has 0 fully saturated rings. The minimum Gasteiger partial charge on any atom is -0.393 e. The third-order valence-corrected chi connectivity index (χ3v) is 7.23. The number of ketones is 1. The fourth-order valence-electron chi connectivity index (χ4n) is 5.07. The van der Waals surface area contributed by atoms with Crippen LogP contribution in [0.15, 0.2) is 54.7 Å². The van der Waals surface area contributed by atoms with Gasteiger partial charge in [0.25, 0.3) is 5.91 Å². The van der Waals surface area contributed by atoms with Crippen LogP contribution in [0, 0.1) is 5.92 Å². The molecule has 2 unspecified atom stereocenters. The predicted octanol–water partition coefficient (Wildman–Crippen LogP) is 3.58. The van der Waals surface area contributed by atoms with E-state index in [-0.39, 0.29) is 47.6 Å². The summed E-state index contributed by atoms with van der Waals surface area (Å²) >= 11 is 0. The number of hydrazine groups is 1. The summed E-state index contributed by atoms with van der Waals surface area (Å²) in [4.78, 5) is 44.9. The van der Waals surface area contributed by atoms with Gasteiger partial charge in [0.05, 0.1) is 29.1 Å². The van der Waals surface area contributed by atoms with Crippen LogP contribution >= 0.6 is 0 Å². The van der Waals surface area contributed by atoms with Gasteiger partial charge in [-0.1, -0.05) is 56.3 Å². The molecule has 6 N–H and O–H groups in total. The molecule has 0 aliphatic carbocycles. The smallest absolute Gasteiger partial charge is 0.273 e. The van der Waals surface area contributed by atoms with Gasteiger partial charge in [0.1, 0.15) is 0 Å². The van der Waals surface area contributed by atoms with Gasteiger partial charge in [-0.05, 0) is 48.4 Å². The van der Waals surface area contributed by atoms with Crippen molar-refractivity contribution in [1.82, 2.24) is 9.99 Å². The molecule has 2 aromatic carbocycles. The number of hydrogen-bond acceptors (Lipinski definition) is 6. The maximum absolute atomic E-state index is 14.5. The van der Waals surface area contributed by atoms with E-state index in [1.54, 1.807) is 31.3 Å². The van der Waals surface area contributed by atoms with Crippen LogP contribution in [0.25, 0.3) is 11.1 Å². The summed E-state index contributed by atoms with van der Waals surface area (Å²) in [5.74, 6) is -1.40. The van der Waals surface area contributed by atoms with Gasteiger partial charge < -0.3 is 21.6 Å². The molecule has 4 rings (SSSR count). The standard InChI is InChI=1S/C30H37N5O4/c1-17(2)27(32)29(38)25-20(16-18(3)36)10-11-21(19-8-6-5-7-9-19)26(25)30(39)34(4)35-23-14-15-33-28(23)22(31)12-13-24(35)37/h5-11,14-15,17-18,22,27,33,36H,12-13,16,31-32H2,1-4H3/t18-,22?,27?/m1/s1. The number of carbonyl (C=O) groups is 3. The van der Waals surface area contributed by atoms with Crippen molar-refractivity contribution >= 4 is 23.3 Å². The van der Waals surface area contributed by atoms with E-state index in [0.29, 0.717) is 28.9 Å². The number of H-pyrrole nitrogens is 1. The summed E-state index contributed by atoms with van der Waals surface area (Å²) in [5.41, 5.74) is 15.9. The highest BCUT2D eigenvalue weighted by Gasteiger charge is 2.36. The van der Waals surface area contributed by atoms with Crippen LogP contribution < -0.4 is 16.5 Å². The number of hydrogen-bond donors (Lipinski definition) is 4. The fraction of sp³-hybridized carbons (Fsp3) is 0.367. The van der Waals surface area contributed by atoms with Crippen molar-refractivity contribution in [3.8, 4) is 11.1 Å². The molecule has 1 aliphatic rings. The van der Waals surface area contributed by atoms with E-state index in [2.05, 4.69) is 4.98 Å². The van der Waals surface area contributed by atoms with Crippen LogP contribution in [-0.2, 0) is 11.2 Å². The van der Waals surface area contributed by atoms with Gasteiger partial charge in [-0.2, -0.15) is 0 Å². The van der Waals surface area contributed by atoms with E-state index in [9.17, 15) is 19.5 Å². The van der Waals surface area contributed by atoms with Crippen LogP contribution in [0.3, 0.4) is 0 Å². The van der Waals surface area contributed by atoms with Gasteiger partial charge in [0, 0.05) is 31.3 Å². The molecule has 39 heavy (non-hydrogen) atoms. The number of aliphatic hydroxyl groups is 1. The minimum atomic E-state index is -0.866. The summed E-state index contributed by atoms with van der Waals surface area (Å²) < 4.78 is 0. The van der Waals surface area contributed by atoms with Gasteiger partial charge in [-0.3, -0.25) is 14.4 Å². The van der Waals surface area contributed by atoms with E-state index in [1.807, 2.05) is 44.2 Å². The van der Waals surface area contributed by atoms with Crippen LogP contribution in [-0.4, -0.2) is 51.9 Å². The zero-order valence-corrected chi connectivity index (χ0v) is 22.8. The Labute approximate surface area is 228 Å². The summed E-state index contributed by atoms with van der Waals surface area (Å²) in [6.45, 7) is 5.32. The monoisotopic (exact) mass is 531 g/mol. The second kappa shape index (κ2) is 11.5. The number of benzene rings is 2. The number of amides is 2. The van der Waals surface area contributed by atoms with Crippen LogP contribution in [0.2, 0.25) is 0 Å². The Morgan fingerprint density at radius 1 is 1.10 bits per heavy atom. The molecular formula is C30H37N5O4. The summed E-state index contributed by atoms with van der Waals surface area (Å²) in [6, 6.07) is 13.3. The van der Waals surface area contributed by atoms with Gasteiger partial charge in [-0.25, -0.2) is 10.0 Å². The quantitative estimate of drug-likeness (QED) is 0.327. The summed E-state index contributed by atoms with van der Waals surface area (Å²) in [7, 11) is 1.51. The number of aliphatic hydroxyl groups excluding tert-OH is 1. The number of aromatic nitrogens is 1. The van der Waals surface area contributed by atoms with Crippen molar-refractivity contribution < 1.29 is 19.5 Å². The molecule has 9 heteroatoms. The molecule has 3 atom stereocenters. The SMILES string of the molecule is CC(C)C(N)C(=O)c1c(C[C@@H](C)O)ccc(-c2ccccc2)c1C(=O)N(C)N1C(=O)CCC(N)c2[nH]ccc21. The Morgan fingerprint density at radius 2 is 1.79 bits per heavy atom. The lowest BCUT2D eigenvalue weighted by Gasteiger charge is -2.32. The summed E-state index contributed by atoms with van der Waals surface area (Å²) in [5, 5.41) is 12.8. The highest BCUT2D eigenvalue weighted by Crippen LogP contribution is 2.35. The van der Waals surface area contributed by atoms with E-state index in [4.69, 9.17) is 11.5 Å². The first kappa shape index (κ1) is 28.2. The molecule has 0 radical (unpaired) electrons. The van der Waals surface area contributed by atoms with Crippen molar-refractivity contribution in [2.45, 2.75) is 58.2 Å². The molecule has 3 aromatic rings. The number of Topliss-reactive ketones (excluding diaryl/α,β-unsaturated/α-hetero) is 1. The Bertz CT molecular complexity index is 1360. The Morgan fingerprint density at radius 3 is 2.44 bits per heavy atom. The van der Waals surface area contributed by atoms with E-state index in [0.717, 1.165) is 5.56 Å². The van der Waals surface area contributed by atoms with Gasteiger partial charge in [0.15, 0.2) is 5.78 Å². The minimum absolute atomic E-state index is 0.140. The lowest BCUT2D eigenvalue weighted by molar-refractivity contribution is -0.120. The topological polar surface area (TPSA) is 146 Å². The molecule has 1 aromatic heterocycles. The number of carbonyl (C=O) groups excluding carboxylic acids is 3. The summed E-state index contributed by atoms with van der Waals surface area (Å²) in [6.07, 6.45) is 1.66. The molecule has 2 amide bonds. The third kappa shape index (κ3) is 5.52. The lowest BCUT2D eigenvalue weighted by atomic mass is 9.84. The Balaban J connectivity index is 1.96. The molecule has 1 aliphatic heterocycles. The second-order valence-corrected chi connectivity index (χ2v) is 10.5. The average molecular weight is 532 g/mol. The van der Waals surface area contributed by atoms with E-state index >= 15 is 0 Å². The zero-order valence-electron chi connectivity index (χ0n) is 22.8. The highest BCUT2D eigenvalue weighted by atomic mass is 16.3. The highest BCUT2D eigenvalue weighted by molar-refractivity contribution is 6.15. The number of nitrogens with two attached hydrogens (primary N) is 2. The number of nitrogens with one attached hydrogen (secondary N) is 1. The van der Waals surface area contributed by atoms with E-state index in [1.165, 1.54) is 17.1 Å². The molecular weight excluding hydrogens is 494 g/mol. The number of fused-ring (bicyclic) bond motifs is 1. The average Bonchev–Trinajstić information content (AvgIpc) is 3.35. The van der Waals surface area contributed by atoms with Crippen molar-refractivity contribution in [3.05, 3.63) is 77.1 Å².